The van der Waals surface area contributed by atoms with Gasteiger partial charge in [-0.3, -0.25) is 4.79 Å². The molecule has 1 atom stereocenters. The van der Waals surface area contributed by atoms with Crippen molar-refractivity contribution in [2.45, 2.75) is 19.4 Å². The predicted molar refractivity (Wildman–Crippen MR) is 125 cm³/mol. The van der Waals surface area contributed by atoms with Crippen LogP contribution in [0.15, 0.2) is 61.2 Å². The number of imidazole rings is 1. The third kappa shape index (κ3) is 5.16. The zero-order valence-electron chi connectivity index (χ0n) is 17.6. The number of carbonyl (C=O) groups excluding carboxylic acids is 1. The Kier molecular flexibility index (Phi) is 6.33. The van der Waals surface area contributed by atoms with Crippen LogP contribution in [0.1, 0.15) is 16.8 Å². The molecule has 8 nitrogen and oxygen atoms in total. The summed E-state index contributed by atoms with van der Waals surface area (Å²) < 4.78 is 20.8. The van der Waals surface area contributed by atoms with Crippen LogP contribution in [0.4, 0.5) is 20.8 Å². The Morgan fingerprint density at radius 3 is 2.67 bits per heavy atom. The fourth-order valence-corrected chi connectivity index (χ4v) is 3.97. The number of rotatable bonds is 8. The molecule has 4 rings (SSSR count). The Balaban J connectivity index is 1.55. The number of nitriles is 1. The molecule has 0 radical (unpaired) electrons. The van der Waals surface area contributed by atoms with E-state index in [-0.39, 0.29) is 17.7 Å². The third-order valence-corrected chi connectivity index (χ3v) is 5.76. The summed E-state index contributed by atoms with van der Waals surface area (Å²) in [7, 11) is 0. The van der Waals surface area contributed by atoms with Gasteiger partial charge in [-0.05, 0) is 54.4 Å². The van der Waals surface area contributed by atoms with E-state index in [1.807, 2.05) is 54.1 Å². The van der Waals surface area contributed by atoms with Gasteiger partial charge in [0.15, 0.2) is 0 Å². The van der Waals surface area contributed by atoms with Crippen molar-refractivity contribution in [3.8, 4) is 11.8 Å². The molecule has 10 heteroatoms. The van der Waals surface area contributed by atoms with E-state index in [1.165, 1.54) is 17.6 Å². The molecule has 166 valence electrons. The predicted octanol–water partition coefficient (Wildman–Crippen LogP) is 3.90. The number of aromatic nitrogens is 3. The largest absolute Gasteiger partial charge is 0.371 e. The molecule has 4 N–H and O–H groups in total. The fraction of sp³-hybridized carbons (Fsp3) is 0.130. The van der Waals surface area contributed by atoms with Gasteiger partial charge in [0.05, 0.1) is 29.0 Å². The molecular formula is C23H20FN7OS. The summed E-state index contributed by atoms with van der Waals surface area (Å²) in [6.07, 6.45) is 5.47. The van der Waals surface area contributed by atoms with Gasteiger partial charge < -0.3 is 20.9 Å². The van der Waals surface area contributed by atoms with Crippen LogP contribution >= 0.6 is 11.5 Å². The van der Waals surface area contributed by atoms with Crippen LogP contribution in [0, 0.1) is 24.1 Å². The fourth-order valence-electron chi connectivity index (χ4n) is 3.30. The summed E-state index contributed by atoms with van der Waals surface area (Å²) in [4.78, 5) is 16.1. The zero-order chi connectivity index (χ0) is 23.4. The van der Waals surface area contributed by atoms with Gasteiger partial charge in [-0.15, -0.1) is 0 Å². The molecule has 0 saturated heterocycles. The molecule has 0 aliphatic rings. The number of amides is 1. The van der Waals surface area contributed by atoms with Gasteiger partial charge in [-0.2, -0.15) is 9.64 Å². The Morgan fingerprint density at radius 1 is 1.27 bits per heavy atom. The van der Waals surface area contributed by atoms with Crippen LogP contribution in [0.3, 0.4) is 0 Å². The molecule has 2 aromatic heterocycles. The standard InChI is InChI=1S/C23H20FN7OS/c1-14-8-22(33-30-14)29-19-11-20(18(24)10-16(19)12-25)28-21(23(26)32)9-15-2-4-17(5-3-15)31-7-6-27-13-31/h2-8,10-11,13,21,28-29H,9H2,1H3,(H2,26,32). The van der Waals surface area contributed by atoms with Crippen molar-refractivity contribution in [2.24, 2.45) is 5.73 Å². The first kappa shape index (κ1) is 22.0. The summed E-state index contributed by atoms with van der Waals surface area (Å²) >= 11 is 1.23. The monoisotopic (exact) mass is 461 g/mol. The van der Waals surface area contributed by atoms with Crippen molar-refractivity contribution in [1.29, 1.82) is 5.26 Å². The van der Waals surface area contributed by atoms with Crippen molar-refractivity contribution < 1.29 is 9.18 Å². The zero-order valence-corrected chi connectivity index (χ0v) is 18.4. The van der Waals surface area contributed by atoms with Crippen molar-refractivity contribution >= 4 is 33.8 Å². The molecule has 0 fully saturated rings. The van der Waals surface area contributed by atoms with Gasteiger partial charge in [0.25, 0.3) is 0 Å². The lowest BCUT2D eigenvalue weighted by Crippen LogP contribution is -2.37. The van der Waals surface area contributed by atoms with E-state index in [2.05, 4.69) is 20.0 Å². The first-order chi connectivity index (χ1) is 15.9. The molecular weight excluding hydrogens is 441 g/mol. The van der Waals surface area contributed by atoms with Gasteiger partial charge in [0, 0.05) is 24.5 Å². The normalized spacial score (nSPS) is 11.5. The molecule has 0 aliphatic heterocycles. The first-order valence-electron chi connectivity index (χ1n) is 10.00. The number of benzene rings is 2. The molecule has 0 spiro atoms. The van der Waals surface area contributed by atoms with Crippen LogP contribution in [-0.4, -0.2) is 25.9 Å². The maximum atomic E-state index is 14.7. The average molecular weight is 462 g/mol. The van der Waals surface area contributed by atoms with Crippen LogP contribution < -0.4 is 16.4 Å². The first-order valence-corrected chi connectivity index (χ1v) is 10.8. The highest BCUT2D eigenvalue weighted by Gasteiger charge is 2.19. The number of aryl methyl sites for hydroxylation is 1. The topological polar surface area (TPSA) is 122 Å². The smallest absolute Gasteiger partial charge is 0.240 e. The highest BCUT2D eigenvalue weighted by atomic mass is 32.1. The summed E-state index contributed by atoms with van der Waals surface area (Å²) in [5.74, 6) is -1.27. The third-order valence-electron chi connectivity index (χ3n) is 4.97. The maximum absolute atomic E-state index is 14.7. The molecule has 0 saturated carbocycles. The van der Waals surface area contributed by atoms with Crippen LogP contribution in [0.2, 0.25) is 0 Å². The second-order valence-corrected chi connectivity index (χ2v) is 8.19. The molecule has 0 bridgehead atoms. The van der Waals surface area contributed by atoms with Crippen LogP contribution in [0.5, 0.6) is 0 Å². The van der Waals surface area contributed by atoms with E-state index in [0.717, 1.165) is 23.0 Å². The summed E-state index contributed by atoms with van der Waals surface area (Å²) in [5, 5.41) is 16.1. The van der Waals surface area contributed by atoms with Crippen molar-refractivity contribution in [1.82, 2.24) is 13.9 Å². The van der Waals surface area contributed by atoms with Gasteiger partial charge in [0.2, 0.25) is 5.91 Å². The van der Waals surface area contributed by atoms with Gasteiger partial charge in [-0.25, -0.2) is 9.37 Å². The summed E-state index contributed by atoms with van der Waals surface area (Å²) in [6, 6.07) is 13.1. The molecule has 4 aromatic rings. The number of primary amides is 1. The molecule has 0 aliphatic carbocycles. The molecule has 2 aromatic carbocycles. The van der Waals surface area contributed by atoms with E-state index in [0.29, 0.717) is 10.7 Å². The Morgan fingerprint density at radius 2 is 2.06 bits per heavy atom. The van der Waals surface area contributed by atoms with Crippen LogP contribution in [0.25, 0.3) is 5.69 Å². The lowest BCUT2D eigenvalue weighted by atomic mass is 10.0. The number of anilines is 3. The number of hydrogen-bond acceptors (Lipinski definition) is 7. The SMILES string of the molecule is Cc1cc(Nc2cc(NC(Cc3ccc(-n4ccnc4)cc3)C(N)=O)c(F)cc2C#N)sn1. The van der Waals surface area contributed by atoms with Crippen molar-refractivity contribution in [2.75, 3.05) is 10.6 Å². The van der Waals surface area contributed by atoms with Gasteiger partial charge >= 0.3 is 0 Å². The average Bonchev–Trinajstić information content (AvgIpc) is 3.47. The summed E-state index contributed by atoms with van der Waals surface area (Å²) in [5.41, 5.74) is 8.80. The number of halogens is 1. The Labute approximate surface area is 193 Å². The van der Waals surface area contributed by atoms with E-state index >= 15 is 0 Å². The van der Waals surface area contributed by atoms with Crippen molar-refractivity contribution in [3.05, 3.63) is 83.8 Å². The number of carbonyl (C=O) groups is 1. The Bertz CT molecular complexity index is 1310. The highest BCUT2D eigenvalue weighted by molar-refractivity contribution is 7.10. The van der Waals surface area contributed by atoms with E-state index < -0.39 is 17.8 Å². The van der Waals surface area contributed by atoms with E-state index in [1.54, 1.807) is 12.5 Å². The lowest BCUT2D eigenvalue weighted by Gasteiger charge is -2.19. The quantitative estimate of drug-likeness (QED) is 0.366. The minimum Gasteiger partial charge on any atom is -0.371 e. The Hall–Kier alpha value is -4.23. The van der Waals surface area contributed by atoms with E-state index in [4.69, 9.17) is 5.73 Å². The van der Waals surface area contributed by atoms with Crippen molar-refractivity contribution in [3.63, 3.8) is 0 Å². The number of hydrogen-bond donors (Lipinski definition) is 3. The minimum absolute atomic E-state index is 0.0663. The maximum Gasteiger partial charge on any atom is 0.240 e. The van der Waals surface area contributed by atoms with Gasteiger partial charge in [0.1, 0.15) is 22.9 Å². The molecule has 33 heavy (non-hydrogen) atoms. The second kappa shape index (κ2) is 9.50. The molecule has 1 unspecified atom stereocenters. The van der Waals surface area contributed by atoms with E-state index in [9.17, 15) is 14.4 Å². The molecule has 2 heterocycles. The number of nitrogens with two attached hydrogens (primary N) is 1. The summed E-state index contributed by atoms with van der Waals surface area (Å²) in [6.45, 7) is 1.85. The lowest BCUT2D eigenvalue weighted by molar-refractivity contribution is -0.118. The van der Waals surface area contributed by atoms with Gasteiger partial charge in [-0.1, -0.05) is 12.1 Å². The number of nitrogens with one attached hydrogen (secondary N) is 2. The van der Waals surface area contributed by atoms with Crippen LogP contribution in [-0.2, 0) is 11.2 Å². The minimum atomic E-state index is -0.856. The second-order valence-electron chi connectivity index (χ2n) is 7.39. The number of nitrogens with zero attached hydrogens (tertiary/aromatic N) is 4. The highest BCUT2D eigenvalue weighted by Crippen LogP contribution is 2.29. The molecule has 1 amide bonds.